The molecule has 0 saturated carbocycles. The van der Waals surface area contributed by atoms with E-state index in [0.717, 1.165) is 24.3 Å². The summed E-state index contributed by atoms with van der Waals surface area (Å²) >= 11 is 0. The van der Waals surface area contributed by atoms with E-state index in [0.29, 0.717) is 26.2 Å². The maximum atomic E-state index is 12.4. The minimum atomic E-state index is 0.0470. The van der Waals surface area contributed by atoms with Crippen LogP contribution in [0.2, 0.25) is 0 Å². The SMILES string of the molecule is Cc1c(CNC(=O)CC2COCCN2C/C=C/c2ccccc2)cnn1C. The van der Waals surface area contributed by atoms with Gasteiger partial charge in [-0.1, -0.05) is 42.5 Å². The van der Waals surface area contributed by atoms with Crippen LogP contribution in [0.15, 0.2) is 42.6 Å². The molecule has 1 atom stereocenters. The second-order valence-electron chi connectivity index (χ2n) is 6.90. The first-order chi connectivity index (χ1) is 13.1. The monoisotopic (exact) mass is 368 g/mol. The first kappa shape index (κ1) is 19.3. The number of carbonyl (C=O) groups excluding carboxylic acids is 1. The zero-order chi connectivity index (χ0) is 19.1. The van der Waals surface area contributed by atoms with Crippen LogP contribution in [-0.4, -0.2) is 52.9 Å². The third-order valence-electron chi connectivity index (χ3n) is 5.03. The topological polar surface area (TPSA) is 59.4 Å². The second-order valence-corrected chi connectivity index (χ2v) is 6.90. The number of rotatable bonds is 7. The van der Waals surface area contributed by atoms with E-state index in [9.17, 15) is 4.79 Å². The van der Waals surface area contributed by atoms with Crippen molar-refractivity contribution in [1.29, 1.82) is 0 Å². The van der Waals surface area contributed by atoms with E-state index < -0.39 is 0 Å². The molecule has 2 aromatic rings. The highest BCUT2D eigenvalue weighted by Gasteiger charge is 2.24. The van der Waals surface area contributed by atoms with E-state index in [-0.39, 0.29) is 11.9 Å². The summed E-state index contributed by atoms with van der Waals surface area (Å²) in [7, 11) is 1.90. The average Bonchev–Trinajstić information content (AvgIpc) is 3.00. The number of morpholine rings is 1. The molecule has 27 heavy (non-hydrogen) atoms. The van der Waals surface area contributed by atoms with Crippen LogP contribution in [0.1, 0.15) is 23.2 Å². The molecular weight excluding hydrogens is 340 g/mol. The Kier molecular flexibility index (Phi) is 6.79. The Balaban J connectivity index is 1.49. The zero-order valence-corrected chi connectivity index (χ0v) is 16.1. The maximum absolute atomic E-state index is 12.4. The van der Waals surface area contributed by atoms with Gasteiger partial charge in [-0.3, -0.25) is 14.4 Å². The summed E-state index contributed by atoms with van der Waals surface area (Å²) in [6.45, 7) is 5.49. The molecule has 2 heterocycles. The summed E-state index contributed by atoms with van der Waals surface area (Å²) in [4.78, 5) is 14.7. The molecule has 1 amide bonds. The molecule has 0 bridgehead atoms. The predicted molar refractivity (Wildman–Crippen MR) is 106 cm³/mol. The summed E-state index contributed by atoms with van der Waals surface area (Å²) < 4.78 is 7.42. The van der Waals surface area contributed by atoms with Crippen LogP contribution in [0.5, 0.6) is 0 Å². The lowest BCUT2D eigenvalue weighted by Gasteiger charge is -2.34. The van der Waals surface area contributed by atoms with Crippen molar-refractivity contribution in [3.8, 4) is 0 Å². The molecular formula is C21H28N4O2. The summed E-state index contributed by atoms with van der Waals surface area (Å²) in [5.74, 6) is 0.0470. The molecule has 3 rings (SSSR count). The second kappa shape index (κ2) is 9.48. The molecule has 1 unspecified atom stereocenters. The van der Waals surface area contributed by atoms with Gasteiger partial charge in [-0.25, -0.2) is 0 Å². The molecule has 1 aliphatic heterocycles. The lowest BCUT2D eigenvalue weighted by molar-refractivity contribution is -0.124. The highest BCUT2D eigenvalue weighted by atomic mass is 16.5. The van der Waals surface area contributed by atoms with E-state index in [1.807, 2.05) is 36.9 Å². The van der Waals surface area contributed by atoms with Crippen LogP contribution >= 0.6 is 0 Å². The van der Waals surface area contributed by atoms with Crippen molar-refractivity contribution in [2.45, 2.75) is 25.9 Å². The van der Waals surface area contributed by atoms with Gasteiger partial charge in [0, 0.05) is 50.4 Å². The van der Waals surface area contributed by atoms with Gasteiger partial charge in [0.1, 0.15) is 0 Å². The minimum absolute atomic E-state index is 0.0470. The molecule has 0 spiro atoms. The predicted octanol–water partition coefficient (Wildman–Crippen LogP) is 2.15. The Morgan fingerprint density at radius 3 is 2.93 bits per heavy atom. The van der Waals surface area contributed by atoms with Crippen LogP contribution in [0.25, 0.3) is 6.08 Å². The number of carbonyl (C=O) groups is 1. The Labute approximate surface area is 160 Å². The molecule has 0 radical (unpaired) electrons. The summed E-state index contributed by atoms with van der Waals surface area (Å²) in [5, 5.41) is 7.22. The Morgan fingerprint density at radius 1 is 1.37 bits per heavy atom. The van der Waals surface area contributed by atoms with E-state index in [1.165, 1.54) is 5.56 Å². The minimum Gasteiger partial charge on any atom is -0.378 e. The lowest BCUT2D eigenvalue weighted by Crippen LogP contribution is -2.47. The van der Waals surface area contributed by atoms with Gasteiger partial charge in [-0.05, 0) is 12.5 Å². The van der Waals surface area contributed by atoms with E-state index in [2.05, 4.69) is 39.6 Å². The summed E-state index contributed by atoms with van der Waals surface area (Å²) in [6.07, 6.45) is 6.53. The number of nitrogens with one attached hydrogen (secondary N) is 1. The lowest BCUT2D eigenvalue weighted by atomic mass is 10.1. The maximum Gasteiger partial charge on any atom is 0.221 e. The molecule has 1 aliphatic rings. The number of amides is 1. The molecule has 6 heteroatoms. The zero-order valence-electron chi connectivity index (χ0n) is 16.1. The smallest absolute Gasteiger partial charge is 0.221 e. The van der Waals surface area contributed by atoms with Gasteiger partial charge in [0.25, 0.3) is 0 Å². The molecule has 1 saturated heterocycles. The normalized spacial score (nSPS) is 18.1. The van der Waals surface area contributed by atoms with Crippen LogP contribution < -0.4 is 5.32 Å². The summed E-state index contributed by atoms with van der Waals surface area (Å²) in [5.41, 5.74) is 3.31. The fraction of sp³-hybridized carbons (Fsp3) is 0.429. The van der Waals surface area contributed by atoms with Crippen LogP contribution in [0, 0.1) is 6.92 Å². The molecule has 1 N–H and O–H groups in total. The van der Waals surface area contributed by atoms with Crippen LogP contribution in [0.4, 0.5) is 0 Å². The molecule has 6 nitrogen and oxygen atoms in total. The highest BCUT2D eigenvalue weighted by molar-refractivity contribution is 5.76. The Bertz CT molecular complexity index is 770. The van der Waals surface area contributed by atoms with Crippen LogP contribution in [-0.2, 0) is 23.1 Å². The van der Waals surface area contributed by atoms with Gasteiger partial charge in [0.2, 0.25) is 5.91 Å². The van der Waals surface area contributed by atoms with Crippen molar-refractivity contribution in [2.75, 3.05) is 26.3 Å². The van der Waals surface area contributed by atoms with Gasteiger partial charge in [-0.15, -0.1) is 0 Å². The molecule has 0 aliphatic carbocycles. The Morgan fingerprint density at radius 2 is 2.19 bits per heavy atom. The number of hydrogen-bond donors (Lipinski definition) is 1. The summed E-state index contributed by atoms with van der Waals surface area (Å²) in [6, 6.07) is 10.4. The number of nitrogens with zero attached hydrogens (tertiary/aromatic N) is 3. The van der Waals surface area contributed by atoms with E-state index >= 15 is 0 Å². The van der Waals surface area contributed by atoms with Crippen LogP contribution in [0.3, 0.4) is 0 Å². The third-order valence-corrected chi connectivity index (χ3v) is 5.03. The third kappa shape index (κ3) is 5.52. The standard InChI is InChI=1S/C21H28N4O2/c1-17-19(15-23-24(17)2)14-22-21(26)13-20-16-27-12-11-25(20)10-6-9-18-7-4-3-5-8-18/h3-9,15,20H,10-14,16H2,1-2H3,(H,22,26)/b9-6+. The van der Waals surface area contributed by atoms with Crippen molar-refractivity contribution in [2.24, 2.45) is 7.05 Å². The van der Waals surface area contributed by atoms with Crippen molar-refractivity contribution in [1.82, 2.24) is 20.0 Å². The first-order valence-electron chi connectivity index (χ1n) is 9.41. The van der Waals surface area contributed by atoms with Gasteiger partial charge in [0.05, 0.1) is 19.4 Å². The van der Waals surface area contributed by atoms with E-state index in [4.69, 9.17) is 4.74 Å². The van der Waals surface area contributed by atoms with Gasteiger partial charge in [-0.2, -0.15) is 5.10 Å². The molecule has 1 aromatic heterocycles. The molecule has 1 aromatic carbocycles. The first-order valence-corrected chi connectivity index (χ1v) is 9.41. The number of ether oxygens (including phenoxy) is 1. The van der Waals surface area contributed by atoms with Crippen molar-refractivity contribution in [3.05, 3.63) is 59.4 Å². The average molecular weight is 368 g/mol. The quantitative estimate of drug-likeness (QED) is 0.814. The van der Waals surface area contributed by atoms with Crippen molar-refractivity contribution < 1.29 is 9.53 Å². The highest BCUT2D eigenvalue weighted by Crippen LogP contribution is 2.12. The number of aromatic nitrogens is 2. The number of hydrogen-bond acceptors (Lipinski definition) is 4. The van der Waals surface area contributed by atoms with Gasteiger partial charge in [0.15, 0.2) is 0 Å². The molecule has 144 valence electrons. The fourth-order valence-corrected chi connectivity index (χ4v) is 3.20. The number of benzene rings is 1. The fourth-order valence-electron chi connectivity index (χ4n) is 3.20. The van der Waals surface area contributed by atoms with Crippen molar-refractivity contribution in [3.63, 3.8) is 0 Å². The number of aryl methyl sites for hydroxylation is 1. The van der Waals surface area contributed by atoms with Crippen molar-refractivity contribution >= 4 is 12.0 Å². The Hall–Kier alpha value is -2.44. The molecule has 1 fully saturated rings. The van der Waals surface area contributed by atoms with E-state index in [1.54, 1.807) is 6.20 Å². The van der Waals surface area contributed by atoms with Gasteiger partial charge < -0.3 is 10.1 Å². The van der Waals surface area contributed by atoms with Gasteiger partial charge >= 0.3 is 0 Å². The largest absolute Gasteiger partial charge is 0.378 e.